The molecule has 24 heavy (non-hydrogen) atoms. The molecule has 0 amide bonds. The minimum Gasteiger partial charge on any atom is -0.321 e. The maximum absolute atomic E-state index is 6.27. The van der Waals surface area contributed by atoms with Crippen molar-refractivity contribution >= 4 is 51.3 Å². The molecule has 2 unspecified atom stereocenters. The van der Waals surface area contributed by atoms with Crippen molar-refractivity contribution in [2.45, 2.75) is 36.4 Å². The van der Waals surface area contributed by atoms with Crippen molar-refractivity contribution in [3.8, 4) is 0 Å². The monoisotopic (exact) mass is 401 g/mol. The van der Waals surface area contributed by atoms with Crippen molar-refractivity contribution in [1.29, 1.82) is 0 Å². The van der Waals surface area contributed by atoms with Crippen LogP contribution in [0.1, 0.15) is 37.7 Å². The van der Waals surface area contributed by atoms with Crippen LogP contribution in [0.4, 0.5) is 0 Å². The topological polar surface area (TPSA) is 69.1 Å². The Bertz CT molecular complexity index is 827. The number of thioether (sulfide) groups is 1. The number of aromatic nitrogens is 4. The molecule has 0 fully saturated rings. The van der Waals surface area contributed by atoms with Crippen LogP contribution in [0.25, 0.3) is 4.96 Å². The minimum atomic E-state index is -0.178. The second kappa shape index (κ2) is 7.58. The van der Waals surface area contributed by atoms with Gasteiger partial charge in [-0.15, -0.1) is 15.3 Å². The predicted molar refractivity (Wildman–Crippen MR) is 101 cm³/mol. The van der Waals surface area contributed by atoms with Crippen LogP contribution in [0.15, 0.2) is 22.5 Å². The van der Waals surface area contributed by atoms with Gasteiger partial charge in [-0.25, -0.2) is 0 Å². The lowest BCUT2D eigenvalue weighted by Gasteiger charge is -2.15. The molecule has 9 heteroatoms. The van der Waals surface area contributed by atoms with Gasteiger partial charge in [-0.1, -0.05) is 72.6 Å². The molecule has 0 aliphatic rings. The zero-order chi connectivity index (χ0) is 17.3. The quantitative estimate of drug-likeness (QED) is 0.598. The zero-order valence-electron chi connectivity index (χ0n) is 13.2. The summed E-state index contributed by atoms with van der Waals surface area (Å²) in [6, 6.07) is 5.34. The molecular formula is C15H17Cl2N5S2. The highest BCUT2D eigenvalue weighted by Crippen LogP contribution is 2.34. The Balaban J connectivity index is 1.81. The Hall–Kier alpha value is -0.860. The van der Waals surface area contributed by atoms with Crippen LogP contribution < -0.4 is 5.73 Å². The molecule has 2 heterocycles. The Kier molecular flexibility index (Phi) is 5.66. The molecule has 0 radical (unpaired) electrons. The number of benzene rings is 1. The van der Waals surface area contributed by atoms with Gasteiger partial charge < -0.3 is 5.73 Å². The lowest BCUT2D eigenvalue weighted by atomic mass is 10.00. The van der Waals surface area contributed by atoms with E-state index >= 15 is 0 Å². The van der Waals surface area contributed by atoms with Crippen LogP contribution in [0.5, 0.6) is 0 Å². The summed E-state index contributed by atoms with van der Waals surface area (Å²) in [4.78, 5) is 0.747. The van der Waals surface area contributed by atoms with Gasteiger partial charge in [0.1, 0.15) is 0 Å². The predicted octanol–water partition coefficient (Wildman–Crippen LogP) is 4.83. The van der Waals surface area contributed by atoms with Gasteiger partial charge in [-0.2, -0.15) is 4.52 Å². The first kappa shape index (κ1) is 17.9. The number of halogens is 2. The van der Waals surface area contributed by atoms with E-state index in [1.165, 1.54) is 11.3 Å². The highest BCUT2D eigenvalue weighted by Gasteiger charge is 2.22. The Morgan fingerprint density at radius 3 is 2.67 bits per heavy atom. The van der Waals surface area contributed by atoms with Crippen LogP contribution in [0, 0.1) is 5.92 Å². The van der Waals surface area contributed by atoms with Crippen LogP contribution in [0.2, 0.25) is 10.0 Å². The van der Waals surface area contributed by atoms with Gasteiger partial charge in [0.15, 0.2) is 10.2 Å². The molecule has 3 rings (SSSR count). The highest BCUT2D eigenvalue weighted by molar-refractivity contribution is 8.00. The van der Waals surface area contributed by atoms with Gasteiger partial charge in [-0.3, -0.25) is 0 Å². The van der Waals surface area contributed by atoms with Crippen molar-refractivity contribution in [2.24, 2.45) is 11.7 Å². The summed E-state index contributed by atoms with van der Waals surface area (Å²) in [5, 5.41) is 14.3. The molecule has 3 aromatic rings. The van der Waals surface area contributed by atoms with E-state index < -0.39 is 0 Å². The first-order valence-electron chi connectivity index (χ1n) is 7.54. The molecule has 2 aromatic heterocycles. The summed E-state index contributed by atoms with van der Waals surface area (Å²) in [5.74, 6) is 1.67. The molecular weight excluding hydrogens is 385 g/mol. The van der Waals surface area contributed by atoms with Crippen LogP contribution >= 0.6 is 46.3 Å². The first-order valence-corrected chi connectivity index (χ1v) is 10.1. The Labute approximate surface area is 158 Å². The fourth-order valence-electron chi connectivity index (χ4n) is 2.19. The molecule has 2 N–H and O–H groups in total. The summed E-state index contributed by atoms with van der Waals surface area (Å²) in [5.41, 5.74) is 7.18. The van der Waals surface area contributed by atoms with Crippen LogP contribution in [-0.2, 0) is 5.75 Å². The molecule has 0 aliphatic carbocycles. The lowest BCUT2D eigenvalue weighted by Crippen LogP contribution is -2.21. The van der Waals surface area contributed by atoms with Crippen molar-refractivity contribution in [2.75, 3.05) is 0 Å². The van der Waals surface area contributed by atoms with E-state index in [0.717, 1.165) is 21.3 Å². The van der Waals surface area contributed by atoms with Crippen molar-refractivity contribution in [3.05, 3.63) is 39.6 Å². The Morgan fingerprint density at radius 2 is 2.00 bits per heavy atom. The van der Waals surface area contributed by atoms with Gasteiger partial charge >= 0.3 is 0 Å². The number of fused-ring (bicyclic) bond motifs is 1. The summed E-state index contributed by atoms with van der Waals surface area (Å²) >= 11 is 15.5. The second-order valence-electron chi connectivity index (χ2n) is 5.52. The molecule has 0 spiro atoms. The fraction of sp³-hybridized carbons (Fsp3) is 0.400. The SMILES string of the molecule is CCC(C)C(N)c1nnc2sc(SCc3c(Cl)cccc3Cl)nn12. The van der Waals surface area contributed by atoms with Gasteiger partial charge in [0.25, 0.3) is 0 Å². The highest BCUT2D eigenvalue weighted by atomic mass is 35.5. The van der Waals surface area contributed by atoms with Gasteiger partial charge in [0.2, 0.25) is 4.96 Å². The standard InChI is InChI=1S/C15H17Cl2N5S2/c1-3-8(2)12(18)13-19-20-14-22(13)21-15(24-14)23-7-9-10(16)5-4-6-11(9)17/h4-6,8,12H,3,7,18H2,1-2H3. The summed E-state index contributed by atoms with van der Waals surface area (Å²) in [6.45, 7) is 4.21. The molecule has 5 nitrogen and oxygen atoms in total. The minimum absolute atomic E-state index is 0.178. The molecule has 0 saturated carbocycles. The number of hydrogen-bond donors (Lipinski definition) is 1. The van der Waals surface area contributed by atoms with Gasteiger partial charge in [0.05, 0.1) is 6.04 Å². The third kappa shape index (κ3) is 3.55. The molecule has 2 atom stereocenters. The molecule has 128 valence electrons. The van der Waals surface area contributed by atoms with E-state index in [-0.39, 0.29) is 6.04 Å². The summed E-state index contributed by atoms with van der Waals surface area (Å²) in [7, 11) is 0. The molecule has 0 bridgehead atoms. The maximum atomic E-state index is 6.27. The third-order valence-corrected chi connectivity index (χ3v) is 6.72. The van der Waals surface area contributed by atoms with Crippen molar-refractivity contribution < 1.29 is 0 Å². The van der Waals surface area contributed by atoms with E-state index in [1.54, 1.807) is 16.3 Å². The van der Waals surface area contributed by atoms with Gasteiger partial charge in [-0.05, 0) is 23.6 Å². The number of rotatable bonds is 6. The molecule has 1 aromatic carbocycles. The first-order chi connectivity index (χ1) is 11.5. The smallest absolute Gasteiger partial charge is 0.235 e. The van der Waals surface area contributed by atoms with E-state index in [9.17, 15) is 0 Å². The van der Waals surface area contributed by atoms with Crippen molar-refractivity contribution in [3.63, 3.8) is 0 Å². The molecule has 0 aliphatic heterocycles. The normalized spacial score (nSPS) is 14.2. The largest absolute Gasteiger partial charge is 0.321 e. The van der Waals surface area contributed by atoms with Crippen LogP contribution in [-0.4, -0.2) is 19.8 Å². The third-order valence-electron chi connectivity index (χ3n) is 3.95. The van der Waals surface area contributed by atoms with E-state index in [1.807, 2.05) is 18.2 Å². The average molecular weight is 402 g/mol. The van der Waals surface area contributed by atoms with E-state index in [2.05, 4.69) is 29.1 Å². The number of hydrogen-bond acceptors (Lipinski definition) is 6. The zero-order valence-corrected chi connectivity index (χ0v) is 16.4. The van der Waals surface area contributed by atoms with E-state index in [0.29, 0.717) is 27.5 Å². The van der Waals surface area contributed by atoms with Gasteiger partial charge in [0, 0.05) is 15.8 Å². The summed E-state index contributed by atoms with van der Waals surface area (Å²) < 4.78 is 2.63. The summed E-state index contributed by atoms with van der Waals surface area (Å²) in [6.07, 6.45) is 0.979. The lowest BCUT2D eigenvalue weighted by molar-refractivity contribution is 0.431. The Morgan fingerprint density at radius 1 is 1.29 bits per heavy atom. The fourth-order valence-corrected chi connectivity index (χ4v) is 4.82. The van der Waals surface area contributed by atoms with Crippen molar-refractivity contribution in [1.82, 2.24) is 19.8 Å². The number of nitrogens with zero attached hydrogens (tertiary/aromatic N) is 4. The average Bonchev–Trinajstić information content (AvgIpc) is 3.13. The van der Waals surface area contributed by atoms with E-state index in [4.69, 9.17) is 28.9 Å². The van der Waals surface area contributed by atoms with Crippen LogP contribution in [0.3, 0.4) is 0 Å². The number of nitrogens with two attached hydrogens (primary N) is 1. The maximum Gasteiger partial charge on any atom is 0.235 e. The molecule has 0 saturated heterocycles. The second-order valence-corrected chi connectivity index (χ2v) is 8.51.